The fourth-order valence-corrected chi connectivity index (χ4v) is 2.40. The van der Waals surface area contributed by atoms with Gasteiger partial charge in [-0.15, -0.1) is 0 Å². The second kappa shape index (κ2) is 5.95. The number of esters is 1. The van der Waals surface area contributed by atoms with Gasteiger partial charge >= 0.3 is 5.97 Å². The minimum absolute atomic E-state index is 0.294. The van der Waals surface area contributed by atoms with Crippen molar-refractivity contribution in [3.63, 3.8) is 0 Å². The summed E-state index contributed by atoms with van der Waals surface area (Å²) in [5.41, 5.74) is 6.43. The van der Waals surface area contributed by atoms with E-state index in [0.29, 0.717) is 32.9 Å². The van der Waals surface area contributed by atoms with Crippen LogP contribution in [0.3, 0.4) is 0 Å². The minimum atomic E-state index is -0.463. The van der Waals surface area contributed by atoms with Crippen LogP contribution in [0.1, 0.15) is 17.3 Å². The van der Waals surface area contributed by atoms with Gasteiger partial charge in [-0.1, -0.05) is 0 Å². The topological polar surface area (TPSA) is 70.8 Å². The van der Waals surface area contributed by atoms with E-state index >= 15 is 0 Å². The third-order valence-electron chi connectivity index (χ3n) is 2.12. The molecule has 0 aromatic heterocycles. The highest BCUT2D eigenvalue weighted by Gasteiger charge is 2.22. The minimum Gasteiger partial charge on any atom is -0.493 e. The molecule has 0 fully saturated rings. The molecule has 0 aliphatic heterocycles. The van der Waals surface area contributed by atoms with Crippen LogP contribution in [0, 0.1) is 3.57 Å². The molecule has 0 saturated heterocycles. The van der Waals surface area contributed by atoms with Gasteiger partial charge < -0.3 is 19.9 Å². The predicted molar refractivity (Wildman–Crippen MR) is 72.6 cm³/mol. The van der Waals surface area contributed by atoms with Crippen molar-refractivity contribution in [2.45, 2.75) is 6.92 Å². The van der Waals surface area contributed by atoms with Gasteiger partial charge in [-0.2, -0.15) is 0 Å². The molecule has 17 heavy (non-hydrogen) atoms. The first-order valence-electron chi connectivity index (χ1n) is 4.93. The number of anilines is 1. The summed E-state index contributed by atoms with van der Waals surface area (Å²) in [6.45, 7) is 2.03. The van der Waals surface area contributed by atoms with E-state index in [-0.39, 0.29) is 0 Å². The molecule has 0 aliphatic carbocycles. The van der Waals surface area contributed by atoms with E-state index in [2.05, 4.69) is 0 Å². The summed E-state index contributed by atoms with van der Waals surface area (Å²) >= 11 is 1.98. The number of hydrogen-bond donors (Lipinski definition) is 1. The Kier molecular flexibility index (Phi) is 4.86. The Morgan fingerprint density at radius 3 is 2.53 bits per heavy atom. The van der Waals surface area contributed by atoms with Crippen LogP contribution in [-0.4, -0.2) is 26.8 Å². The zero-order valence-corrected chi connectivity index (χ0v) is 12.0. The number of hydrogen-bond acceptors (Lipinski definition) is 5. The van der Waals surface area contributed by atoms with Gasteiger partial charge in [-0.05, 0) is 29.5 Å². The van der Waals surface area contributed by atoms with Gasteiger partial charge in [0.25, 0.3) is 0 Å². The second-order valence-corrected chi connectivity index (χ2v) is 4.19. The molecule has 6 heteroatoms. The molecular formula is C11H14INO4. The summed E-state index contributed by atoms with van der Waals surface area (Å²) in [4.78, 5) is 11.8. The summed E-state index contributed by atoms with van der Waals surface area (Å²) in [7, 11) is 3.02. The summed E-state index contributed by atoms with van der Waals surface area (Å²) in [5.74, 6) is 0.503. The molecule has 0 unspecified atom stereocenters. The SMILES string of the molecule is CCOC(=O)c1c(N)cc(OC)c(OC)c1I. The highest BCUT2D eigenvalue weighted by atomic mass is 127. The van der Waals surface area contributed by atoms with Crippen LogP contribution in [0.25, 0.3) is 0 Å². The van der Waals surface area contributed by atoms with Crippen molar-refractivity contribution in [1.29, 1.82) is 0 Å². The van der Waals surface area contributed by atoms with E-state index in [9.17, 15) is 4.79 Å². The molecule has 0 saturated carbocycles. The van der Waals surface area contributed by atoms with Crippen molar-refractivity contribution in [3.8, 4) is 11.5 Å². The van der Waals surface area contributed by atoms with Crippen molar-refractivity contribution in [1.82, 2.24) is 0 Å². The first kappa shape index (κ1) is 13.9. The van der Waals surface area contributed by atoms with Crippen molar-refractivity contribution < 1.29 is 19.0 Å². The largest absolute Gasteiger partial charge is 0.493 e. The van der Waals surface area contributed by atoms with Gasteiger partial charge in [-0.25, -0.2) is 4.79 Å². The fraction of sp³-hybridized carbons (Fsp3) is 0.364. The zero-order chi connectivity index (χ0) is 13.0. The highest BCUT2D eigenvalue weighted by Crippen LogP contribution is 2.38. The molecule has 5 nitrogen and oxygen atoms in total. The van der Waals surface area contributed by atoms with E-state index in [0.717, 1.165) is 0 Å². The Morgan fingerprint density at radius 2 is 2.06 bits per heavy atom. The summed E-state index contributed by atoms with van der Waals surface area (Å²) in [5, 5.41) is 0. The summed E-state index contributed by atoms with van der Waals surface area (Å²) < 4.78 is 15.9. The Bertz CT molecular complexity index is 434. The van der Waals surface area contributed by atoms with Gasteiger partial charge in [0.1, 0.15) is 0 Å². The molecule has 1 rings (SSSR count). The lowest BCUT2D eigenvalue weighted by atomic mass is 10.1. The maximum atomic E-state index is 11.8. The van der Waals surface area contributed by atoms with E-state index in [1.165, 1.54) is 14.2 Å². The van der Waals surface area contributed by atoms with Crippen molar-refractivity contribution in [3.05, 3.63) is 15.2 Å². The number of nitrogen functional groups attached to an aromatic ring is 1. The van der Waals surface area contributed by atoms with Gasteiger partial charge in [0, 0.05) is 6.07 Å². The van der Waals surface area contributed by atoms with Crippen LogP contribution in [-0.2, 0) is 4.74 Å². The molecule has 0 radical (unpaired) electrons. The van der Waals surface area contributed by atoms with E-state index < -0.39 is 5.97 Å². The molecular weight excluding hydrogens is 337 g/mol. The smallest absolute Gasteiger partial charge is 0.341 e. The van der Waals surface area contributed by atoms with Crippen LogP contribution >= 0.6 is 22.6 Å². The molecule has 0 atom stereocenters. The van der Waals surface area contributed by atoms with Crippen LogP contribution in [0.4, 0.5) is 5.69 Å². The zero-order valence-electron chi connectivity index (χ0n) is 9.87. The molecule has 0 spiro atoms. The van der Waals surface area contributed by atoms with Gasteiger partial charge in [0.05, 0.1) is 35.6 Å². The molecule has 1 aromatic carbocycles. The van der Waals surface area contributed by atoms with E-state index in [4.69, 9.17) is 19.9 Å². The monoisotopic (exact) mass is 351 g/mol. The fourth-order valence-electron chi connectivity index (χ4n) is 1.38. The third kappa shape index (κ3) is 2.74. The lowest BCUT2D eigenvalue weighted by molar-refractivity contribution is 0.0526. The molecule has 2 N–H and O–H groups in total. The van der Waals surface area contributed by atoms with Gasteiger partial charge in [0.15, 0.2) is 11.5 Å². The normalized spacial score (nSPS) is 9.88. The molecule has 1 aromatic rings. The Labute approximate surface area is 113 Å². The second-order valence-electron chi connectivity index (χ2n) is 3.11. The Hall–Kier alpha value is -1.18. The quantitative estimate of drug-likeness (QED) is 0.511. The Balaban J connectivity index is 3.36. The van der Waals surface area contributed by atoms with Crippen LogP contribution in [0.15, 0.2) is 6.07 Å². The number of carbonyl (C=O) groups excluding carboxylic acids is 1. The van der Waals surface area contributed by atoms with Crippen LogP contribution < -0.4 is 15.2 Å². The average Bonchev–Trinajstić information content (AvgIpc) is 2.28. The molecule has 0 amide bonds. The van der Waals surface area contributed by atoms with Crippen molar-refractivity contribution in [2.75, 3.05) is 26.6 Å². The lowest BCUT2D eigenvalue weighted by Gasteiger charge is -2.14. The third-order valence-corrected chi connectivity index (χ3v) is 3.15. The number of carbonyl (C=O) groups is 1. The maximum absolute atomic E-state index is 11.8. The summed E-state index contributed by atoms with van der Waals surface area (Å²) in [6, 6.07) is 1.55. The number of rotatable bonds is 4. The first-order chi connectivity index (χ1) is 8.06. The lowest BCUT2D eigenvalue weighted by Crippen LogP contribution is -2.11. The van der Waals surface area contributed by atoms with Crippen LogP contribution in [0.2, 0.25) is 0 Å². The van der Waals surface area contributed by atoms with Crippen molar-refractivity contribution in [2.24, 2.45) is 0 Å². The highest BCUT2D eigenvalue weighted by molar-refractivity contribution is 14.1. The van der Waals surface area contributed by atoms with E-state index in [1.807, 2.05) is 22.6 Å². The van der Waals surface area contributed by atoms with Crippen LogP contribution in [0.5, 0.6) is 11.5 Å². The standard InChI is InChI=1S/C11H14INO4/c1-4-17-11(14)8-6(13)5-7(15-2)10(16-3)9(8)12/h5H,4,13H2,1-3H3. The predicted octanol–water partition coefficient (Wildman–Crippen LogP) is 2.07. The van der Waals surface area contributed by atoms with E-state index in [1.54, 1.807) is 13.0 Å². The molecule has 0 heterocycles. The van der Waals surface area contributed by atoms with Gasteiger partial charge in [0.2, 0.25) is 0 Å². The number of methoxy groups -OCH3 is 2. The number of ether oxygens (including phenoxy) is 3. The molecule has 0 aliphatic rings. The molecule has 0 bridgehead atoms. The number of benzene rings is 1. The first-order valence-corrected chi connectivity index (χ1v) is 6.01. The number of nitrogens with two attached hydrogens (primary N) is 1. The van der Waals surface area contributed by atoms with Crippen molar-refractivity contribution >= 4 is 34.2 Å². The average molecular weight is 351 g/mol. The molecule has 94 valence electrons. The number of halogens is 1. The maximum Gasteiger partial charge on any atom is 0.341 e. The Morgan fingerprint density at radius 1 is 1.41 bits per heavy atom. The summed E-state index contributed by atoms with van der Waals surface area (Å²) in [6.07, 6.45) is 0. The van der Waals surface area contributed by atoms with Gasteiger partial charge in [-0.3, -0.25) is 0 Å².